The highest BCUT2D eigenvalue weighted by Gasteiger charge is 2.32. The molecule has 2 aromatic rings. The first kappa shape index (κ1) is 17.1. The number of tetrazole rings is 1. The molecule has 0 N–H and O–H groups in total. The Kier molecular flexibility index (Phi) is 5.43. The van der Waals surface area contributed by atoms with Crippen LogP contribution in [0.1, 0.15) is 61.8 Å². The Hall–Kier alpha value is -1.31. The van der Waals surface area contributed by atoms with Crippen LogP contribution in [-0.4, -0.2) is 62.7 Å². The fourth-order valence-electron chi connectivity index (χ4n) is 4.22. The minimum atomic E-state index is 0.191. The Morgan fingerprint density at radius 3 is 2.64 bits per heavy atom. The van der Waals surface area contributed by atoms with Crippen molar-refractivity contribution in [1.82, 2.24) is 30.0 Å². The maximum absolute atomic E-state index is 4.52. The second kappa shape index (κ2) is 7.93. The first-order valence-electron chi connectivity index (χ1n) is 9.64. The molecule has 2 aromatic heterocycles. The zero-order valence-corrected chi connectivity index (χ0v) is 15.9. The van der Waals surface area contributed by atoms with Crippen LogP contribution in [0.5, 0.6) is 0 Å². The Labute approximate surface area is 153 Å². The molecule has 0 bridgehead atoms. The maximum Gasteiger partial charge on any atom is 0.174 e. The maximum atomic E-state index is 4.52. The molecule has 1 saturated carbocycles. The third-order valence-corrected chi connectivity index (χ3v) is 6.64. The number of hydrogen-bond donors (Lipinski definition) is 0. The molecule has 0 unspecified atom stereocenters. The van der Waals surface area contributed by atoms with Crippen molar-refractivity contribution in [2.45, 2.75) is 51.1 Å². The Morgan fingerprint density at radius 1 is 1.16 bits per heavy atom. The number of rotatable bonds is 5. The molecule has 136 valence electrons. The van der Waals surface area contributed by atoms with Crippen molar-refractivity contribution in [2.24, 2.45) is 0 Å². The lowest BCUT2D eigenvalue weighted by Gasteiger charge is -2.38. The molecule has 2 fully saturated rings. The van der Waals surface area contributed by atoms with E-state index in [4.69, 9.17) is 0 Å². The van der Waals surface area contributed by atoms with Crippen LogP contribution < -0.4 is 0 Å². The molecule has 6 nitrogen and oxygen atoms in total. The van der Waals surface area contributed by atoms with Crippen LogP contribution in [0.2, 0.25) is 0 Å². The molecule has 0 radical (unpaired) electrons. The lowest BCUT2D eigenvalue weighted by molar-refractivity contribution is 0.108. The Bertz CT molecular complexity index is 640. The highest BCUT2D eigenvalue weighted by molar-refractivity contribution is 7.10. The van der Waals surface area contributed by atoms with Gasteiger partial charge in [-0.3, -0.25) is 4.90 Å². The van der Waals surface area contributed by atoms with Gasteiger partial charge in [0.1, 0.15) is 6.04 Å². The first-order valence-corrected chi connectivity index (χ1v) is 10.5. The molecule has 7 heteroatoms. The summed E-state index contributed by atoms with van der Waals surface area (Å²) in [5, 5.41) is 15.2. The van der Waals surface area contributed by atoms with Crippen LogP contribution in [0.4, 0.5) is 0 Å². The van der Waals surface area contributed by atoms with Crippen molar-refractivity contribution in [1.29, 1.82) is 0 Å². The van der Waals surface area contributed by atoms with E-state index in [9.17, 15) is 0 Å². The summed E-state index contributed by atoms with van der Waals surface area (Å²) in [6, 6.07) is 5.04. The second-order valence-electron chi connectivity index (χ2n) is 7.16. The van der Waals surface area contributed by atoms with E-state index in [0.29, 0.717) is 6.04 Å². The van der Waals surface area contributed by atoms with Gasteiger partial charge in [-0.25, -0.2) is 4.68 Å². The van der Waals surface area contributed by atoms with Gasteiger partial charge in [0, 0.05) is 31.1 Å². The lowest BCUT2D eigenvalue weighted by Crippen LogP contribution is -2.48. The summed E-state index contributed by atoms with van der Waals surface area (Å²) in [5.41, 5.74) is 0. The van der Waals surface area contributed by atoms with Gasteiger partial charge in [0.2, 0.25) is 0 Å². The van der Waals surface area contributed by atoms with Gasteiger partial charge < -0.3 is 4.90 Å². The minimum absolute atomic E-state index is 0.191. The van der Waals surface area contributed by atoms with Gasteiger partial charge in [-0.1, -0.05) is 32.3 Å². The van der Waals surface area contributed by atoms with Crippen LogP contribution >= 0.6 is 11.3 Å². The quantitative estimate of drug-likeness (QED) is 0.820. The van der Waals surface area contributed by atoms with Crippen molar-refractivity contribution in [3.63, 3.8) is 0 Å². The smallest absolute Gasteiger partial charge is 0.174 e. The van der Waals surface area contributed by atoms with Crippen LogP contribution in [0.3, 0.4) is 0 Å². The summed E-state index contributed by atoms with van der Waals surface area (Å²) in [6.45, 7) is 7.79. The van der Waals surface area contributed by atoms with E-state index in [-0.39, 0.29) is 6.04 Å². The van der Waals surface area contributed by atoms with E-state index in [2.05, 4.69) is 54.4 Å². The van der Waals surface area contributed by atoms with E-state index >= 15 is 0 Å². The molecule has 3 heterocycles. The van der Waals surface area contributed by atoms with Gasteiger partial charge in [-0.2, -0.15) is 0 Å². The average Bonchev–Trinajstić information content (AvgIpc) is 3.36. The molecule has 1 aliphatic heterocycles. The predicted molar refractivity (Wildman–Crippen MR) is 99.8 cm³/mol. The van der Waals surface area contributed by atoms with E-state index in [0.717, 1.165) is 38.5 Å². The summed E-state index contributed by atoms with van der Waals surface area (Å²) in [6.07, 6.45) is 6.35. The number of thiophene rings is 1. The molecule has 0 spiro atoms. The summed E-state index contributed by atoms with van der Waals surface area (Å²) < 4.78 is 2.15. The third kappa shape index (κ3) is 3.64. The van der Waals surface area contributed by atoms with Crippen molar-refractivity contribution in [3.8, 4) is 0 Å². The van der Waals surface area contributed by atoms with Crippen LogP contribution in [0.25, 0.3) is 0 Å². The van der Waals surface area contributed by atoms with Crippen molar-refractivity contribution < 1.29 is 0 Å². The van der Waals surface area contributed by atoms with Gasteiger partial charge >= 0.3 is 0 Å². The molecule has 1 atom stereocenters. The van der Waals surface area contributed by atoms with Crippen LogP contribution in [0.15, 0.2) is 17.5 Å². The number of nitrogens with zero attached hydrogens (tertiary/aromatic N) is 6. The highest BCUT2D eigenvalue weighted by Crippen LogP contribution is 2.35. The molecular formula is C18H28N6S. The number of aromatic nitrogens is 4. The van der Waals surface area contributed by atoms with Gasteiger partial charge in [0.15, 0.2) is 5.82 Å². The predicted octanol–water partition coefficient (Wildman–Crippen LogP) is 2.97. The molecule has 1 saturated heterocycles. The van der Waals surface area contributed by atoms with E-state index < -0.39 is 0 Å². The number of piperazine rings is 1. The molecule has 25 heavy (non-hydrogen) atoms. The molecular weight excluding hydrogens is 332 g/mol. The fourth-order valence-corrected chi connectivity index (χ4v) is 5.08. The van der Waals surface area contributed by atoms with Gasteiger partial charge in [-0.05, 0) is 41.3 Å². The van der Waals surface area contributed by atoms with Crippen molar-refractivity contribution >= 4 is 11.3 Å². The molecule has 2 aliphatic rings. The zero-order chi connectivity index (χ0) is 17.1. The van der Waals surface area contributed by atoms with Crippen LogP contribution in [0, 0.1) is 0 Å². The largest absolute Gasteiger partial charge is 0.301 e. The topological polar surface area (TPSA) is 50.1 Å². The summed E-state index contributed by atoms with van der Waals surface area (Å²) >= 11 is 1.82. The first-order chi connectivity index (χ1) is 12.4. The third-order valence-electron chi connectivity index (χ3n) is 5.72. The average molecular weight is 361 g/mol. The molecule has 0 aromatic carbocycles. The standard InChI is InChI=1S/C18H28N6S/c1-2-22-10-12-23(13-11-22)17(16-9-6-14-25-16)18-19-20-21-24(18)15-7-4-3-5-8-15/h6,9,14-15,17H,2-5,7-8,10-13H2,1H3/t17-/m0/s1. The highest BCUT2D eigenvalue weighted by atomic mass is 32.1. The molecule has 1 aliphatic carbocycles. The summed E-state index contributed by atoms with van der Waals surface area (Å²) in [7, 11) is 0. The van der Waals surface area contributed by atoms with Gasteiger partial charge in [-0.15, -0.1) is 16.4 Å². The van der Waals surface area contributed by atoms with Crippen LogP contribution in [-0.2, 0) is 0 Å². The molecule has 0 amide bonds. The summed E-state index contributed by atoms with van der Waals surface area (Å²) in [4.78, 5) is 6.45. The fraction of sp³-hybridized carbons (Fsp3) is 0.722. The van der Waals surface area contributed by atoms with Gasteiger partial charge in [0.05, 0.1) is 6.04 Å². The number of likely N-dealkylation sites (N-methyl/N-ethyl adjacent to an activating group) is 1. The monoisotopic (exact) mass is 360 g/mol. The minimum Gasteiger partial charge on any atom is -0.301 e. The number of hydrogen-bond acceptors (Lipinski definition) is 6. The van der Waals surface area contributed by atoms with Crippen molar-refractivity contribution in [2.75, 3.05) is 32.7 Å². The SMILES string of the molecule is CCN1CCN([C@@H](c2cccs2)c2nnnn2C2CCCCC2)CC1. The normalized spacial score (nSPS) is 22.3. The Morgan fingerprint density at radius 2 is 1.96 bits per heavy atom. The van der Waals surface area contributed by atoms with Crippen molar-refractivity contribution in [3.05, 3.63) is 28.2 Å². The Balaban J connectivity index is 1.62. The zero-order valence-electron chi connectivity index (χ0n) is 15.0. The molecule has 4 rings (SSSR count). The van der Waals surface area contributed by atoms with E-state index in [1.54, 1.807) is 0 Å². The van der Waals surface area contributed by atoms with E-state index in [1.165, 1.54) is 37.0 Å². The lowest BCUT2D eigenvalue weighted by atomic mass is 9.95. The van der Waals surface area contributed by atoms with E-state index in [1.807, 2.05) is 11.3 Å². The second-order valence-corrected chi connectivity index (χ2v) is 8.14. The van der Waals surface area contributed by atoms with Gasteiger partial charge in [0.25, 0.3) is 0 Å². The summed E-state index contributed by atoms with van der Waals surface area (Å²) in [5.74, 6) is 1.04.